The van der Waals surface area contributed by atoms with Crippen LogP contribution in [0.1, 0.15) is 12.8 Å². The molecule has 0 bridgehead atoms. The van der Waals surface area contributed by atoms with Gasteiger partial charge in [0.1, 0.15) is 0 Å². The van der Waals surface area contributed by atoms with Crippen molar-refractivity contribution in [1.29, 1.82) is 0 Å². The summed E-state index contributed by atoms with van der Waals surface area (Å²) in [5.41, 5.74) is 5.55. The van der Waals surface area contributed by atoms with Crippen molar-refractivity contribution in [3.05, 3.63) is 0 Å². The van der Waals surface area contributed by atoms with Crippen molar-refractivity contribution in [3.63, 3.8) is 0 Å². The van der Waals surface area contributed by atoms with Gasteiger partial charge < -0.3 is 10.5 Å². The summed E-state index contributed by atoms with van der Waals surface area (Å²) in [7, 11) is 0. The molecule has 8 heavy (non-hydrogen) atoms. The zero-order valence-electron chi connectivity index (χ0n) is 4.80. The predicted molar refractivity (Wildman–Crippen MR) is 43.4 cm³/mol. The molecule has 0 radical (unpaired) electrons. The highest BCUT2D eigenvalue weighted by atomic mass is 127. The molecule has 2 N–H and O–H groups in total. The summed E-state index contributed by atoms with van der Waals surface area (Å²) in [4.78, 5) is 0. The van der Waals surface area contributed by atoms with E-state index in [-0.39, 0.29) is 24.0 Å². The predicted octanol–water partition coefficient (Wildman–Crippen LogP) is 0.742. The summed E-state index contributed by atoms with van der Waals surface area (Å²) >= 11 is 0. The van der Waals surface area contributed by atoms with E-state index in [1.165, 1.54) is 0 Å². The SMILES string of the molecule is I.NC1CCOCC1. The minimum absolute atomic E-state index is 0. The summed E-state index contributed by atoms with van der Waals surface area (Å²) in [6.07, 6.45) is 2.08. The van der Waals surface area contributed by atoms with E-state index in [1.807, 2.05) is 0 Å². The van der Waals surface area contributed by atoms with E-state index in [0.717, 1.165) is 26.1 Å². The first-order chi connectivity index (χ1) is 3.39. The third kappa shape index (κ3) is 2.84. The maximum Gasteiger partial charge on any atom is 0.0480 e. The average Bonchev–Trinajstić information content (AvgIpc) is 1.69. The van der Waals surface area contributed by atoms with Gasteiger partial charge >= 0.3 is 0 Å². The number of rotatable bonds is 0. The normalized spacial score (nSPS) is 22.1. The molecule has 1 heterocycles. The number of ether oxygens (including phenoxy) is 1. The van der Waals surface area contributed by atoms with Gasteiger partial charge in [-0.1, -0.05) is 0 Å². The van der Waals surface area contributed by atoms with Crippen LogP contribution >= 0.6 is 24.0 Å². The second-order valence-electron chi connectivity index (χ2n) is 1.95. The fourth-order valence-electron chi connectivity index (χ4n) is 0.716. The second kappa shape index (κ2) is 4.52. The molecule has 1 rings (SSSR count). The van der Waals surface area contributed by atoms with Crippen LogP contribution in [-0.4, -0.2) is 19.3 Å². The molecule has 0 aromatic rings. The molecule has 50 valence electrons. The van der Waals surface area contributed by atoms with Gasteiger partial charge in [0.25, 0.3) is 0 Å². The molecular weight excluding hydrogens is 217 g/mol. The molecular formula is C5H12INO. The molecule has 1 fully saturated rings. The fraction of sp³-hybridized carbons (Fsp3) is 1.00. The Hall–Kier alpha value is 0.650. The highest BCUT2D eigenvalue weighted by molar-refractivity contribution is 14.0. The first-order valence-electron chi connectivity index (χ1n) is 2.73. The monoisotopic (exact) mass is 229 g/mol. The summed E-state index contributed by atoms with van der Waals surface area (Å²) in [6.45, 7) is 1.72. The van der Waals surface area contributed by atoms with Crippen molar-refractivity contribution in [2.24, 2.45) is 5.73 Å². The van der Waals surface area contributed by atoms with Crippen LogP contribution in [0.15, 0.2) is 0 Å². The van der Waals surface area contributed by atoms with E-state index in [2.05, 4.69) is 0 Å². The van der Waals surface area contributed by atoms with Crippen LogP contribution in [0.3, 0.4) is 0 Å². The minimum atomic E-state index is 0. The van der Waals surface area contributed by atoms with Crippen LogP contribution in [0, 0.1) is 0 Å². The Balaban J connectivity index is 0.000000490. The van der Waals surface area contributed by atoms with E-state index in [4.69, 9.17) is 10.5 Å². The highest BCUT2D eigenvalue weighted by Crippen LogP contribution is 2.01. The second-order valence-corrected chi connectivity index (χ2v) is 1.95. The summed E-state index contributed by atoms with van der Waals surface area (Å²) < 4.78 is 5.06. The van der Waals surface area contributed by atoms with Gasteiger partial charge in [-0.2, -0.15) is 0 Å². The van der Waals surface area contributed by atoms with Gasteiger partial charge in [-0.25, -0.2) is 0 Å². The molecule has 0 atom stereocenters. The van der Waals surface area contributed by atoms with Gasteiger partial charge in [0.15, 0.2) is 0 Å². The minimum Gasteiger partial charge on any atom is -0.381 e. The average molecular weight is 229 g/mol. The zero-order chi connectivity index (χ0) is 5.11. The van der Waals surface area contributed by atoms with Crippen LogP contribution in [0.4, 0.5) is 0 Å². The Morgan fingerprint density at radius 3 is 2.00 bits per heavy atom. The van der Waals surface area contributed by atoms with Gasteiger partial charge in [0.2, 0.25) is 0 Å². The maximum absolute atomic E-state index is 5.55. The Labute approximate surface area is 66.8 Å². The molecule has 0 amide bonds. The van der Waals surface area contributed by atoms with E-state index in [1.54, 1.807) is 0 Å². The largest absolute Gasteiger partial charge is 0.381 e. The fourth-order valence-corrected chi connectivity index (χ4v) is 0.716. The first-order valence-corrected chi connectivity index (χ1v) is 2.73. The lowest BCUT2D eigenvalue weighted by Gasteiger charge is -2.16. The van der Waals surface area contributed by atoms with Gasteiger partial charge in [-0.3, -0.25) is 0 Å². The smallest absolute Gasteiger partial charge is 0.0480 e. The van der Waals surface area contributed by atoms with E-state index < -0.39 is 0 Å². The van der Waals surface area contributed by atoms with Crippen molar-refractivity contribution < 1.29 is 4.74 Å². The number of hydrogen-bond donors (Lipinski definition) is 1. The van der Waals surface area contributed by atoms with Crippen molar-refractivity contribution >= 4 is 24.0 Å². The third-order valence-electron chi connectivity index (χ3n) is 1.27. The Morgan fingerprint density at radius 1 is 1.25 bits per heavy atom. The molecule has 2 nitrogen and oxygen atoms in total. The van der Waals surface area contributed by atoms with Gasteiger partial charge in [-0.15, -0.1) is 24.0 Å². The quantitative estimate of drug-likeness (QED) is 0.622. The molecule has 0 aromatic heterocycles. The lowest BCUT2D eigenvalue weighted by atomic mass is 10.1. The number of halogens is 1. The van der Waals surface area contributed by atoms with Crippen molar-refractivity contribution in [2.45, 2.75) is 18.9 Å². The van der Waals surface area contributed by atoms with Crippen LogP contribution < -0.4 is 5.73 Å². The van der Waals surface area contributed by atoms with Crippen molar-refractivity contribution in [1.82, 2.24) is 0 Å². The highest BCUT2D eigenvalue weighted by Gasteiger charge is 2.06. The lowest BCUT2D eigenvalue weighted by Crippen LogP contribution is -2.28. The lowest BCUT2D eigenvalue weighted by molar-refractivity contribution is 0.0866. The van der Waals surface area contributed by atoms with Crippen molar-refractivity contribution in [3.8, 4) is 0 Å². The molecule has 0 aliphatic carbocycles. The molecule has 1 aliphatic rings. The maximum atomic E-state index is 5.55. The van der Waals surface area contributed by atoms with Crippen molar-refractivity contribution in [2.75, 3.05) is 13.2 Å². The Bertz CT molecular complexity index is 54.4. The molecule has 3 heteroatoms. The molecule has 0 unspecified atom stereocenters. The first kappa shape index (κ1) is 8.65. The summed E-state index contributed by atoms with van der Waals surface area (Å²) in [5.74, 6) is 0. The molecule has 1 aliphatic heterocycles. The Morgan fingerprint density at radius 2 is 1.75 bits per heavy atom. The van der Waals surface area contributed by atoms with E-state index >= 15 is 0 Å². The molecule has 0 aromatic carbocycles. The van der Waals surface area contributed by atoms with Gasteiger partial charge in [-0.05, 0) is 12.8 Å². The number of nitrogens with two attached hydrogens (primary N) is 1. The zero-order valence-corrected chi connectivity index (χ0v) is 7.13. The van der Waals surface area contributed by atoms with Gasteiger partial charge in [0.05, 0.1) is 0 Å². The standard InChI is InChI=1S/C5H11NO.HI/c6-5-1-3-7-4-2-5;/h5H,1-4,6H2;1H. The van der Waals surface area contributed by atoms with Crippen LogP contribution in [0.5, 0.6) is 0 Å². The van der Waals surface area contributed by atoms with E-state index in [9.17, 15) is 0 Å². The van der Waals surface area contributed by atoms with Crippen LogP contribution in [-0.2, 0) is 4.74 Å². The third-order valence-corrected chi connectivity index (χ3v) is 1.27. The number of hydrogen-bond acceptors (Lipinski definition) is 2. The van der Waals surface area contributed by atoms with Gasteiger partial charge in [0, 0.05) is 19.3 Å². The molecule has 0 saturated carbocycles. The summed E-state index contributed by atoms with van der Waals surface area (Å²) in [6, 6.07) is 0.411. The molecule has 0 spiro atoms. The van der Waals surface area contributed by atoms with Crippen LogP contribution in [0.2, 0.25) is 0 Å². The molecule has 1 saturated heterocycles. The summed E-state index contributed by atoms with van der Waals surface area (Å²) in [5, 5.41) is 0. The van der Waals surface area contributed by atoms with Crippen LogP contribution in [0.25, 0.3) is 0 Å². The van der Waals surface area contributed by atoms with E-state index in [0.29, 0.717) is 6.04 Å². The topological polar surface area (TPSA) is 35.2 Å². The Kier molecular flexibility index (Phi) is 4.89.